The van der Waals surface area contributed by atoms with Gasteiger partial charge in [0, 0.05) is 22.4 Å². The van der Waals surface area contributed by atoms with E-state index in [0.717, 1.165) is 72.8 Å². The van der Waals surface area contributed by atoms with Gasteiger partial charge in [-0.05, 0) is 128 Å². The minimum Gasteiger partial charge on any atom is -0.496 e. The molecule has 0 heterocycles. The van der Waals surface area contributed by atoms with Crippen molar-refractivity contribution >= 4 is 50.9 Å². The summed E-state index contributed by atoms with van der Waals surface area (Å²) in [5.74, 6) is 0.465. The fraction of sp³-hybridized carbons (Fsp3) is 0.0986. The lowest BCUT2D eigenvalue weighted by Gasteiger charge is -2.31. The first-order valence-electron chi connectivity index (χ1n) is 25.9. The van der Waals surface area contributed by atoms with E-state index in [-0.39, 0.29) is 12.5 Å². The molecule has 2 nitrogen and oxygen atoms in total. The molecule has 0 aliphatic heterocycles. The first-order chi connectivity index (χ1) is 36.6. The van der Waals surface area contributed by atoms with Gasteiger partial charge < -0.3 is 9.64 Å². The fourth-order valence-electron chi connectivity index (χ4n) is 11.8. The van der Waals surface area contributed by atoms with Crippen LogP contribution in [0.4, 0.5) is 21.5 Å². The van der Waals surface area contributed by atoms with E-state index in [1.54, 1.807) is 13.2 Å². The molecule has 11 rings (SSSR count). The Morgan fingerprint density at radius 3 is 1.44 bits per heavy atom. The summed E-state index contributed by atoms with van der Waals surface area (Å²) in [5, 5.41) is 2.40. The van der Waals surface area contributed by atoms with E-state index in [1.165, 1.54) is 60.5 Å². The summed E-state index contributed by atoms with van der Waals surface area (Å²) in [4.78, 5) is 2.09. The van der Waals surface area contributed by atoms with Crippen LogP contribution < -0.4 is 26.0 Å². The van der Waals surface area contributed by atoms with Crippen LogP contribution >= 0.6 is 0 Å². The third-order valence-corrected chi connectivity index (χ3v) is 15.0. The Balaban J connectivity index is 1.02. The van der Waals surface area contributed by atoms with Crippen molar-refractivity contribution in [3.8, 4) is 61.4 Å². The molecule has 0 N–H and O–H groups in total. The first kappa shape index (κ1) is 48.5. The molecule has 0 saturated heterocycles. The number of methoxy groups -OCH3 is 1. The van der Waals surface area contributed by atoms with Crippen molar-refractivity contribution in [2.45, 2.75) is 41.5 Å². The zero-order chi connectivity index (χ0) is 51.7. The Hall–Kier alpha value is -8.73. The molecule has 0 saturated carbocycles. The van der Waals surface area contributed by atoms with E-state index in [0.29, 0.717) is 5.69 Å². The molecule has 4 heteroatoms. The maximum Gasteiger partial charge on any atom is 0.243 e. The highest BCUT2D eigenvalue weighted by Crippen LogP contribution is 2.48. The molecule has 364 valence electrons. The average molecular weight is 972 g/mol. The summed E-state index contributed by atoms with van der Waals surface area (Å²) in [7, 11) is 1.76. The van der Waals surface area contributed by atoms with E-state index in [4.69, 9.17) is 4.74 Å². The number of ether oxygens (including phenoxy) is 1. The maximum absolute atomic E-state index is 17.6. The van der Waals surface area contributed by atoms with Crippen molar-refractivity contribution in [2.24, 2.45) is 0 Å². The van der Waals surface area contributed by atoms with Crippen molar-refractivity contribution in [3.05, 3.63) is 270 Å². The van der Waals surface area contributed by atoms with Gasteiger partial charge in [0.1, 0.15) is 11.6 Å². The van der Waals surface area contributed by atoms with Gasteiger partial charge in [-0.3, -0.25) is 0 Å². The number of rotatable bonds is 12. The molecular formula is C71H59BFNO. The van der Waals surface area contributed by atoms with E-state index in [9.17, 15) is 0 Å². The Morgan fingerprint density at radius 1 is 0.373 bits per heavy atom. The minimum absolute atomic E-state index is 0.0372. The molecule has 0 aromatic heterocycles. The number of para-hydroxylation sites is 1. The number of hydrogen-bond acceptors (Lipinski definition) is 2. The summed E-state index contributed by atoms with van der Waals surface area (Å²) < 4.78 is 23.9. The Morgan fingerprint density at radius 2 is 0.853 bits per heavy atom. The normalized spacial score (nSPS) is 11.2. The molecule has 0 bridgehead atoms. The van der Waals surface area contributed by atoms with Gasteiger partial charge >= 0.3 is 0 Å². The lowest BCUT2D eigenvalue weighted by molar-refractivity contribution is 0.416. The summed E-state index contributed by atoms with van der Waals surface area (Å²) in [6.45, 7) is 13.5. The predicted molar refractivity (Wildman–Crippen MR) is 318 cm³/mol. The maximum atomic E-state index is 17.6. The van der Waals surface area contributed by atoms with Crippen molar-refractivity contribution in [1.82, 2.24) is 0 Å². The fourth-order valence-corrected chi connectivity index (χ4v) is 11.8. The predicted octanol–water partition coefficient (Wildman–Crippen LogP) is 17.2. The number of hydrogen-bond donors (Lipinski definition) is 0. The second-order valence-corrected chi connectivity index (χ2v) is 20.1. The lowest BCUT2D eigenvalue weighted by atomic mass is 9.33. The Kier molecular flexibility index (Phi) is 13.4. The first-order valence-corrected chi connectivity index (χ1v) is 25.9. The van der Waals surface area contributed by atoms with Crippen LogP contribution in [0.2, 0.25) is 0 Å². The van der Waals surface area contributed by atoms with Gasteiger partial charge in [0.05, 0.1) is 18.5 Å². The van der Waals surface area contributed by atoms with E-state index in [1.807, 2.05) is 78.9 Å². The number of aryl methyl sites for hydroxylation is 6. The van der Waals surface area contributed by atoms with Gasteiger partial charge in [-0.25, -0.2) is 4.39 Å². The summed E-state index contributed by atoms with van der Waals surface area (Å²) in [5.41, 5.74) is 23.6. The standard InChI is InChI=1S/C71H59BFNO/c1-46-39-48(3)69(49(4)40-46)72(70-50(5)41-47(2)42-51(70)6)65-38-37-61(60-28-17-18-29-62(60)65)63-36-33-56(45-68(63)75-7)53-31-34-58(35-32-53)74(67-30-20-19-27-59(67)54-23-13-9-14-24-54)71-64(55-25-15-10-16-26-55)43-57(44-66(71)73)52-21-11-8-12-22-52/h8-45H,1-7H3. The lowest BCUT2D eigenvalue weighted by Crippen LogP contribution is -2.56. The molecule has 0 radical (unpaired) electrons. The molecular weight excluding hydrogens is 913 g/mol. The molecule has 0 aliphatic carbocycles. The van der Waals surface area contributed by atoms with Crippen molar-refractivity contribution in [1.29, 1.82) is 0 Å². The van der Waals surface area contributed by atoms with E-state index in [2.05, 4.69) is 192 Å². The molecule has 0 unspecified atom stereocenters. The third kappa shape index (κ3) is 9.34. The number of fused-ring (bicyclic) bond motifs is 1. The number of anilines is 3. The Bertz CT molecular complexity index is 3780. The second-order valence-electron chi connectivity index (χ2n) is 20.1. The van der Waals surface area contributed by atoms with Gasteiger partial charge in [-0.2, -0.15) is 0 Å². The molecule has 75 heavy (non-hydrogen) atoms. The third-order valence-electron chi connectivity index (χ3n) is 15.0. The molecule has 0 amide bonds. The SMILES string of the molecule is COc1cc(-c2ccc(N(c3ccccc3-c3ccccc3)c3c(F)cc(-c4ccccc4)cc3-c3ccccc3)cc2)ccc1-c1ccc(B(c2c(C)cc(C)cc2C)c2c(C)cc(C)cc2C)c2ccccc12. The summed E-state index contributed by atoms with van der Waals surface area (Å²) >= 11 is 0. The number of benzene rings is 11. The molecule has 0 spiro atoms. The van der Waals surface area contributed by atoms with Gasteiger partial charge in [-0.15, -0.1) is 0 Å². The molecule has 11 aromatic rings. The van der Waals surface area contributed by atoms with Crippen molar-refractivity contribution in [2.75, 3.05) is 12.0 Å². The van der Waals surface area contributed by atoms with Gasteiger partial charge in [0.2, 0.25) is 6.71 Å². The van der Waals surface area contributed by atoms with E-state index >= 15 is 4.39 Å². The van der Waals surface area contributed by atoms with Crippen LogP contribution in [-0.2, 0) is 0 Å². The topological polar surface area (TPSA) is 12.5 Å². The van der Waals surface area contributed by atoms with Crippen LogP contribution in [0.15, 0.2) is 231 Å². The highest BCUT2D eigenvalue weighted by molar-refractivity contribution is 6.98. The largest absolute Gasteiger partial charge is 0.496 e. The summed E-state index contributed by atoms with van der Waals surface area (Å²) in [6, 6.07) is 80.4. The highest BCUT2D eigenvalue weighted by Gasteiger charge is 2.31. The van der Waals surface area contributed by atoms with Crippen LogP contribution in [0.25, 0.3) is 66.4 Å². The van der Waals surface area contributed by atoms with Gasteiger partial charge in [0.25, 0.3) is 0 Å². The van der Waals surface area contributed by atoms with Crippen LogP contribution in [0, 0.1) is 47.4 Å². The van der Waals surface area contributed by atoms with E-state index < -0.39 is 0 Å². The highest BCUT2D eigenvalue weighted by atomic mass is 19.1. The van der Waals surface area contributed by atoms with Crippen LogP contribution in [0.5, 0.6) is 5.75 Å². The van der Waals surface area contributed by atoms with Crippen LogP contribution in [-0.4, -0.2) is 13.8 Å². The monoisotopic (exact) mass is 971 g/mol. The number of nitrogens with zero attached hydrogens (tertiary/aromatic N) is 1. The quantitative estimate of drug-likeness (QED) is 0.113. The molecule has 11 aromatic carbocycles. The van der Waals surface area contributed by atoms with Gasteiger partial charge in [0.15, 0.2) is 0 Å². The van der Waals surface area contributed by atoms with Crippen LogP contribution in [0.1, 0.15) is 33.4 Å². The molecule has 0 aliphatic rings. The zero-order valence-electron chi connectivity index (χ0n) is 43.8. The zero-order valence-corrected chi connectivity index (χ0v) is 43.8. The van der Waals surface area contributed by atoms with Crippen molar-refractivity contribution < 1.29 is 9.13 Å². The molecule has 0 atom stereocenters. The van der Waals surface area contributed by atoms with Crippen molar-refractivity contribution in [3.63, 3.8) is 0 Å². The second kappa shape index (κ2) is 20.7. The molecule has 0 fully saturated rings. The minimum atomic E-state index is -0.320. The number of halogens is 1. The smallest absolute Gasteiger partial charge is 0.243 e. The van der Waals surface area contributed by atoms with Crippen LogP contribution in [0.3, 0.4) is 0 Å². The van der Waals surface area contributed by atoms with Gasteiger partial charge in [-0.1, -0.05) is 244 Å². The Labute approximate surface area is 442 Å². The average Bonchev–Trinajstić information content (AvgIpc) is 3.43. The summed E-state index contributed by atoms with van der Waals surface area (Å²) in [6.07, 6.45) is 0.